The average Bonchev–Trinajstić information content (AvgIpc) is 2.64. The Morgan fingerprint density at radius 1 is 1.46 bits per heavy atom. The second kappa shape index (κ2) is 6.32. The summed E-state index contributed by atoms with van der Waals surface area (Å²) in [5, 5.41) is 3.18. The molecule has 1 N–H and O–H groups in total. The van der Waals surface area contributed by atoms with Gasteiger partial charge < -0.3 is 19.5 Å². The minimum Gasteiger partial charge on any atom is -0.380 e. The first-order valence-electron chi connectivity index (χ1n) is 4.85. The Kier molecular flexibility index (Phi) is 5.31. The Bertz CT molecular complexity index is 126. The van der Waals surface area contributed by atoms with Crippen molar-refractivity contribution in [3.63, 3.8) is 0 Å². The minimum absolute atomic E-state index is 0.0436. The minimum atomic E-state index is -0.0436. The van der Waals surface area contributed by atoms with Crippen molar-refractivity contribution in [1.29, 1.82) is 0 Å². The summed E-state index contributed by atoms with van der Waals surface area (Å²) in [4.78, 5) is 0. The maximum atomic E-state index is 5.35. The van der Waals surface area contributed by atoms with Crippen LogP contribution in [-0.4, -0.2) is 45.8 Å². The molecule has 78 valence electrons. The highest BCUT2D eigenvalue weighted by Gasteiger charge is 2.20. The SMILES string of the molecule is CCOCC(CC1OCCO1)NC. The maximum absolute atomic E-state index is 5.35. The molecule has 1 fully saturated rings. The van der Waals surface area contributed by atoms with E-state index in [-0.39, 0.29) is 6.29 Å². The lowest BCUT2D eigenvalue weighted by atomic mass is 10.2. The lowest BCUT2D eigenvalue weighted by Crippen LogP contribution is -2.34. The largest absolute Gasteiger partial charge is 0.380 e. The highest BCUT2D eigenvalue weighted by atomic mass is 16.7. The molecule has 0 bridgehead atoms. The summed E-state index contributed by atoms with van der Waals surface area (Å²) in [6, 6.07) is 0.322. The topological polar surface area (TPSA) is 39.7 Å². The lowest BCUT2D eigenvalue weighted by Gasteiger charge is -2.18. The number of hydrogen-bond acceptors (Lipinski definition) is 4. The van der Waals surface area contributed by atoms with Gasteiger partial charge in [-0.15, -0.1) is 0 Å². The van der Waals surface area contributed by atoms with Crippen LogP contribution in [0.5, 0.6) is 0 Å². The predicted molar refractivity (Wildman–Crippen MR) is 49.6 cm³/mol. The van der Waals surface area contributed by atoms with Gasteiger partial charge in [0.25, 0.3) is 0 Å². The molecule has 0 saturated carbocycles. The number of ether oxygens (including phenoxy) is 3. The van der Waals surface area contributed by atoms with Crippen LogP contribution in [0, 0.1) is 0 Å². The fourth-order valence-corrected chi connectivity index (χ4v) is 1.30. The Hall–Kier alpha value is -0.160. The van der Waals surface area contributed by atoms with Crippen LogP contribution in [0.4, 0.5) is 0 Å². The molecule has 1 saturated heterocycles. The van der Waals surface area contributed by atoms with Crippen LogP contribution in [0.25, 0.3) is 0 Å². The van der Waals surface area contributed by atoms with E-state index in [0.29, 0.717) is 6.04 Å². The van der Waals surface area contributed by atoms with Crippen molar-refractivity contribution in [2.24, 2.45) is 0 Å². The second-order valence-corrected chi connectivity index (χ2v) is 3.05. The van der Waals surface area contributed by atoms with E-state index in [9.17, 15) is 0 Å². The summed E-state index contributed by atoms with van der Waals surface area (Å²) in [6.07, 6.45) is 0.814. The zero-order valence-electron chi connectivity index (χ0n) is 8.41. The number of hydrogen-bond donors (Lipinski definition) is 1. The summed E-state index contributed by atoms with van der Waals surface area (Å²) < 4.78 is 16.0. The van der Waals surface area contributed by atoms with Gasteiger partial charge in [0.15, 0.2) is 6.29 Å². The molecule has 1 aliphatic rings. The first-order valence-corrected chi connectivity index (χ1v) is 4.85. The molecule has 0 aromatic rings. The lowest BCUT2D eigenvalue weighted by molar-refractivity contribution is -0.0577. The molecule has 0 spiro atoms. The highest BCUT2D eigenvalue weighted by molar-refractivity contribution is 4.67. The van der Waals surface area contributed by atoms with E-state index >= 15 is 0 Å². The molecule has 4 nitrogen and oxygen atoms in total. The molecular formula is C9H19NO3. The van der Waals surface area contributed by atoms with E-state index in [2.05, 4.69) is 5.32 Å². The first-order chi connectivity index (χ1) is 6.36. The Labute approximate surface area is 79.5 Å². The van der Waals surface area contributed by atoms with Crippen molar-refractivity contribution >= 4 is 0 Å². The molecule has 4 heteroatoms. The van der Waals surface area contributed by atoms with Gasteiger partial charge in [0.05, 0.1) is 19.8 Å². The van der Waals surface area contributed by atoms with Gasteiger partial charge in [0.2, 0.25) is 0 Å². The molecule has 13 heavy (non-hydrogen) atoms. The summed E-state index contributed by atoms with van der Waals surface area (Å²) in [7, 11) is 1.93. The zero-order chi connectivity index (χ0) is 9.52. The summed E-state index contributed by atoms with van der Waals surface area (Å²) >= 11 is 0. The third kappa shape index (κ3) is 4.04. The van der Waals surface area contributed by atoms with Crippen molar-refractivity contribution in [3.8, 4) is 0 Å². The summed E-state index contributed by atoms with van der Waals surface area (Å²) in [6.45, 7) is 4.90. The quantitative estimate of drug-likeness (QED) is 0.655. The molecule has 0 aliphatic carbocycles. The van der Waals surface area contributed by atoms with Crippen molar-refractivity contribution in [2.75, 3.05) is 33.5 Å². The van der Waals surface area contributed by atoms with Crippen LogP contribution in [0.3, 0.4) is 0 Å². The molecule has 1 aliphatic heterocycles. The van der Waals surface area contributed by atoms with Crippen LogP contribution in [0.1, 0.15) is 13.3 Å². The average molecular weight is 189 g/mol. The third-order valence-electron chi connectivity index (χ3n) is 2.10. The monoisotopic (exact) mass is 189 g/mol. The Balaban J connectivity index is 2.13. The molecule has 0 aromatic heterocycles. The van der Waals surface area contributed by atoms with Gasteiger partial charge in [-0.2, -0.15) is 0 Å². The van der Waals surface area contributed by atoms with Gasteiger partial charge in [-0.3, -0.25) is 0 Å². The van der Waals surface area contributed by atoms with Crippen LogP contribution in [0.2, 0.25) is 0 Å². The molecule has 0 amide bonds. The van der Waals surface area contributed by atoms with Crippen LogP contribution < -0.4 is 5.32 Å². The molecule has 0 aromatic carbocycles. The number of rotatable bonds is 6. The Morgan fingerprint density at radius 2 is 2.15 bits per heavy atom. The first kappa shape index (κ1) is 10.9. The summed E-state index contributed by atoms with van der Waals surface area (Å²) in [5.74, 6) is 0. The van der Waals surface area contributed by atoms with Crippen molar-refractivity contribution in [1.82, 2.24) is 5.32 Å². The third-order valence-corrected chi connectivity index (χ3v) is 2.10. The van der Waals surface area contributed by atoms with Crippen molar-refractivity contribution < 1.29 is 14.2 Å². The van der Waals surface area contributed by atoms with E-state index in [0.717, 1.165) is 32.8 Å². The van der Waals surface area contributed by atoms with Crippen LogP contribution in [-0.2, 0) is 14.2 Å². The molecule has 1 unspecified atom stereocenters. The van der Waals surface area contributed by atoms with E-state index in [1.807, 2.05) is 14.0 Å². The standard InChI is InChI=1S/C9H19NO3/c1-3-11-7-8(10-2)6-9-12-4-5-13-9/h8-10H,3-7H2,1-2H3. The van der Waals surface area contributed by atoms with Gasteiger partial charge in [0, 0.05) is 19.1 Å². The fourth-order valence-electron chi connectivity index (χ4n) is 1.30. The zero-order valence-corrected chi connectivity index (χ0v) is 8.41. The van der Waals surface area contributed by atoms with Gasteiger partial charge in [-0.1, -0.05) is 0 Å². The number of likely N-dealkylation sites (N-methyl/N-ethyl adjacent to an activating group) is 1. The highest BCUT2D eigenvalue weighted by Crippen LogP contribution is 2.10. The molecule has 1 heterocycles. The van der Waals surface area contributed by atoms with E-state index in [1.165, 1.54) is 0 Å². The molecular weight excluding hydrogens is 170 g/mol. The van der Waals surface area contributed by atoms with Gasteiger partial charge in [0.1, 0.15) is 0 Å². The summed E-state index contributed by atoms with van der Waals surface area (Å²) in [5.41, 5.74) is 0. The van der Waals surface area contributed by atoms with E-state index in [1.54, 1.807) is 0 Å². The van der Waals surface area contributed by atoms with E-state index in [4.69, 9.17) is 14.2 Å². The molecule has 1 rings (SSSR count). The predicted octanol–water partition coefficient (Wildman–Crippen LogP) is 0.374. The maximum Gasteiger partial charge on any atom is 0.159 e. The van der Waals surface area contributed by atoms with Crippen molar-refractivity contribution in [3.05, 3.63) is 0 Å². The smallest absolute Gasteiger partial charge is 0.159 e. The van der Waals surface area contributed by atoms with Crippen LogP contribution >= 0.6 is 0 Å². The van der Waals surface area contributed by atoms with E-state index < -0.39 is 0 Å². The van der Waals surface area contributed by atoms with Gasteiger partial charge >= 0.3 is 0 Å². The second-order valence-electron chi connectivity index (χ2n) is 3.05. The molecule has 0 radical (unpaired) electrons. The van der Waals surface area contributed by atoms with Crippen molar-refractivity contribution in [2.45, 2.75) is 25.7 Å². The Morgan fingerprint density at radius 3 is 2.69 bits per heavy atom. The van der Waals surface area contributed by atoms with Gasteiger partial charge in [-0.05, 0) is 14.0 Å². The van der Waals surface area contributed by atoms with Crippen LogP contribution in [0.15, 0.2) is 0 Å². The fraction of sp³-hybridized carbons (Fsp3) is 1.00. The number of nitrogens with one attached hydrogen (secondary N) is 1. The molecule has 1 atom stereocenters. The van der Waals surface area contributed by atoms with Gasteiger partial charge in [-0.25, -0.2) is 0 Å². The normalized spacial score (nSPS) is 20.8.